The summed E-state index contributed by atoms with van der Waals surface area (Å²) in [6.45, 7) is 4.52. The summed E-state index contributed by atoms with van der Waals surface area (Å²) < 4.78 is 1.76. The molecule has 6 nitrogen and oxygen atoms in total. The van der Waals surface area contributed by atoms with Gasteiger partial charge >= 0.3 is 0 Å². The van der Waals surface area contributed by atoms with E-state index < -0.39 is 0 Å². The van der Waals surface area contributed by atoms with Gasteiger partial charge in [-0.25, -0.2) is 14.7 Å². The van der Waals surface area contributed by atoms with Gasteiger partial charge in [0.2, 0.25) is 0 Å². The third kappa shape index (κ3) is 3.31. The number of guanidine groups is 1. The van der Waals surface area contributed by atoms with Gasteiger partial charge in [-0.15, -0.1) is 0 Å². The van der Waals surface area contributed by atoms with Crippen LogP contribution < -0.4 is 10.2 Å². The van der Waals surface area contributed by atoms with Crippen LogP contribution in [0, 0.1) is 0 Å². The molecule has 132 valence electrons. The number of hydrogen-bond acceptors (Lipinski definition) is 3. The Morgan fingerprint density at radius 2 is 2.12 bits per heavy atom. The fourth-order valence-electron chi connectivity index (χ4n) is 3.26. The highest BCUT2D eigenvalue weighted by molar-refractivity contribution is 5.97. The van der Waals surface area contributed by atoms with E-state index in [-0.39, 0.29) is 0 Å². The number of anilines is 1. The van der Waals surface area contributed by atoms with Crippen molar-refractivity contribution in [2.45, 2.75) is 19.9 Å². The van der Waals surface area contributed by atoms with Crippen molar-refractivity contribution < 1.29 is 0 Å². The summed E-state index contributed by atoms with van der Waals surface area (Å²) in [5, 5.41) is 7.62. The lowest BCUT2D eigenvalue weighted by atomic mass is 10.2. The van der Waals surface area contributed by atoms with E-state index in [1.165, 1.54) is 11.3 Å². The average molecular weight is 346 g/mol. The van der Waals surface area contributed by atoms with Gasteiger partial charge in [0.1, 0.15) is 12.7 Å². The molecule has 0 bridgehead atoms. The third-order valence-electron chi connectivity index (χ3n) is 4.48. The van der Waals surface area contributed by atoms with Gasteiger partial charge in [-0.05, 0) is 42.7 Å². The van der Waals surface area contributed by atoms with Crippen LogP contribution in [0.4, 0.5) is 5.69 Å². The first kappa shape index (κ1) is 16.3. The number of hydrogen-bond donors (Lipinski definition) is 1. The van der Waals surface area contributed by atoms with Crippen molar-refractivity contribution in [3.63, 3.8) is 0 Å². The van der Waals surface area contributed by atoms with E-state index in [1.54, 1.807) is 17.3 Å². The Hall–Kier alpha value is -3.15. The average Bonchev–Trinajstić information content (AvgIpc) is 3.35. The van der Waals surface area contributed by atoms with E-state index in [0.717, 1.165) is 36.7 Å². The first-order valence-electron chi connectivity index (χ1n) is 8.93. The molecular weight excluding hydrogens is 324 g/mol. The second kappa shape index (κ2) is 7.39. The number of nitrogens with one attached hydrogen (secondary N) is 1. The highest BCUT2D eigenvalue weighted by Gasteiger charge is 2.22. The maximum atomic E-state index is 4.87. The van der Waals surface area contributed by atoms with E-state index in [1.807, 2.05) is 12.1 Å². The first-order valence-corrected chi connectivity index (χ1v) is 8.93. The highest BCUT2D eigenvalue weighted by atomic mass is 15.3. The Morgan fingerprint density at radius 3 is 2.96 bits per heavy atom. The van der Waals surface area contributed by atoms with Gasteiger partial charge in [0.25, 0.3) is 0 Å². The van der Waals surface area contributed by atoms with Gasteiger partial charge in [-0.3, -0.25) is 0 Å². The van der Waals surface area contributed by atoms with Gasteiger partial charge < -0.3 is 10.2 Å². The van der Waals surface area contributed by atoms with E-state index in [0.29, 0.717) is 6.54 Å². The van der Waals surface area contributed by atoms with Gasteiger partial charge in [-0.2, -0.15) is 5.10 Å². The molecule has 6 heteroatoms. The van der Waals surface area contributed by atoms with Crippen molar-refractivity contribution in [2.75, 3.05) is 18.0 Å². The van der Waals surface area contributed by atoms with Crippen molar-refractivity contribution in [3.05, 3.63) is 72.3 Å². The zero-order valence-electron chi connectivity index (χ0n) is 14.8. The quantitative estimate of drug-likeness (QED) is 0.583. The van der Waals surface area contributed by atoms with E-state index in [9.17, 15) is 0 Å². The fourth-order valence-corrected chi connectivity index (χ4v) is 3.26. The number of para-hydroxylation sites is 1. The van der Waals surface area contributed by atoms with Crippen molar-refractivity contribution >= 4 is 11.6 Å². The Bertz CT molecular complexity index is 900. The number of fused-ring (bicyclic) bond motifs is 1. The van der Waals surface area contributed by atoms with Crippen LogP contribution in [-0.4, -0.2) is 33.8 Å². The maximum Gasteiger partial charge on any atom is 0.198 e. The summed E-state index contributed by atoms with van der Waals surface area (Å²) in [6, 6.07) is 16.8. The van der Waals surface area contributed by atoms with Crippen LogP contribution in [0.5, 0.6) is 0 Å². The van der Waals surface area contributed by atoms with Gasteiger partial charge in [0.15, 0.2) is 5.96 Å². The number of rotatable bonds is 4. The normalized spacial score (nSPS) is 13.7. The smallest absolute Gasteiger partial charge is 0.198 e. The fraction of sp³-hybridized carbons (Fsp3) is 0.250. The molecule has 0 radical (unpaired) electrons. The summed E-state index contributed by atoms with van der Waals surface area (Å²) in [5.74, 6) is 0.934. The van der Waals surface area contributed by atoms with Crippen molar-refractivity contribution in [3.8, 4) is 5.69 Å². The predicted octanol–water partition coefficient (Wildman–Crippen LogP) is 2.80. The first-order chi connectivity index (χ1) is 12.8. The molecule has 2 heterocycles. The van der Waals surface area contributed by atoms with Crippen LogP contribution >= 0.6 is 0 Å². The van der Waals surface area contributed by atoms with E-state index in [4.69, 9.17) is 4.99 Å². The molecular formula is C20H22N6. The van der Waals surface area contributed by atoms with Crippen molar-refractivity contribution in [2.24, 2.45) is 4.99 Å². The lowest BCUT2D eigenvalue weighted by Crippen LogP contribution is -2.40. The largest absolute Gasteiger partial charge is 0.356 e. The topological polar surface area (TPSA) is 58.3 Å². The van der Waals surface area contributed by atoms with Crippen molar-refractivity contribution in [1.29, 1.82) is 0 Å². The molecule has 0 atom stereocenters. The summed E-state index contributed by atoms with van der Waals surface area (Å²) >= 11 is 0. The molecule has 0 spiro atoms. The van der Waals surface area contributed by atoms with Crippen LogP contribution in [-0.2, 0) is 13.0 Å². The molecule has 0 saturated heterocycles. The summed E-state index contributed by atoms with van der Waals surface area (Å²) in [7, 11) is 0. The second-order valence-corrected chi connectivity index (χ2v) is 6.21. The lowest BCUT2D eigenvalue weighted by Gasteiger charge is -2.22. The molecule has 3 aromatic rings. The van der Waals surface area contributed by atoms with Gasteiger partial charge in [0, 0.05) is 18.8 Å². The van der Waals surface area contributed by atoms with Crippen LogP contribution in [0.25, 0.3) is 5.69 Å². The molecule has 0 fully saturated rings. The van der Waals surface area contributed by atoms with Crippen LogP contribution in [0.2, 0.25) is 0 Å². The summed E-state index contributed by atoms with van der Waals surface area (Å²) in [4.78, 5) is 11.2. The van der Waals surface area contributed by atoms with Crippen LogP contribution in [0.3, 0.4) is 0 Å². The zero-order chi connectivity index (χ0) is 17.8. The van der Waals surface area contributed by atoms with Gasteiger partial charge in [-0.1, -0.05) is 30.3 Å². The van der Waals surface area contributed by atoms with Crippen molar-refractivity contribution in [1.82, 2.24) is 20.1 Å². The van der Waals surface area contributed by atoms with Gasteiger partial charge in [0.05, 0.1) is 12.2 Å². The van der Waals surface area contributed by atoms with E-state index >= 15 is 0 Å². The Kier molecular flexibility index (Phi) is 4.64. The molecule has 0 amide bonds. The second-order valence-electron chi connectivity index (χ2n) is 6.21. The predicted molar refractivity (Wildman–Crippen MR) is 104 cm³/mol. The Labute approximate surface area is 153 Å². The minimum Gasteiger partial charge on any atom is -0.356 e. The summed E-state index contributed by atoms with van der Waals surface area (Å²) in [5.41, 5.74) is 4.77. The number of nitrogens with zero attached hydrogens (tertiary/aromatic N) is 5. The number of benzene rings is 2. The molecule has 2 aromatic carbocycles. The molecule has 0 aliphatic carbocycles. The lowest BCUT2D eigenvalue weighted by molar-refractivity contribution is 0.868. The molecule has 26 heavy (non-hydrogen) atoms. The molecule has 1 aliphatic heterocycles. The standard InChI is InChI=1S/C20H22N6/c1-2-22-20(25-11-10-17-7-3-4-9-19(17)25)23-13-16-6-5-8-18(12-16)26-15-21-14-24-26/h3-9,12,14-15H,2,10-11,13H2,1H3,(H,22,23). The molecule has 4 rings (SSSR count). The minimum absolute atomic E-state index is 0.615. The number of aromatic nitrogens is 3. The van der Waals surface area contributed by atoms with Crippen LogP contribution in [0.15, 0.2) is 66.2 Å². The zero-order valence-corrected chi connectivity index (χ0v) is 14.8. The molecule has 1 aliphatic rings. The maximum absolute atomic E-state index is 4.87. The number of aliphatic imine (C=N–C) groups is 1. The monoisotopic (exact) mass is 346 g/mol. The Balaban J connectivity index is 1.57. The van der Waals surface area contributed by atoms with Crippen LogP contribution in [0.1, 0.15) is 18.1 Å². The van der Waals surface area contributed by atoms with E-state index in [2.05, 4.69) is 63.6 Å². The third-order valence-corrected chi connectivity index (χ3v) is 4.48. The SMILES string of the molecule is CCNC(=NCc1cccc(-n2cncn2)c1)N1CCc2ccccc21. The molecule has 0 saturated carbocycles. The molecule has 1 aromatic heterocycles. The minimum atomic E-state index is 0.615. The molecule has 1 N–H and O–H groups in total. The Morgan fingerprint density at radius 1 is 1.19 bits per heavy atom. The molecule has 0 unspecified atom stereocenters. The summed E-state index contributed by atoms with van der Waals surface area (Å²) in [6.07, 6.45) is 4.30. The highest BCUT2D eigenvalue weighted by Crippen LogP contribution is 2.27.